The summed E-state index contributed by atoms with van der Waals surface area (Å²) < 4.78 is 16.3. The molecular weight excluding hydrogens is 501 g/mol. The molecule has 0 aliphatic carbocycles. The van der Waals surface area contributed by atoms with Crippen LogP contribution >= 0.6 is 11.6 Å². The van der Waals surface area contributed by atoms with Crippen LogP contribution in [-0.4, -0.2) is 45.5 Å². The first-order chi connectivity index (χ1) is 17.7. The number of para-hydroxylation sites is 1. The Morgan fingerprint density at radius 1 is 1.27 bits per heavy atom. The van der Waals surface area contributed by atoms with Crippen molar-refractivity contribution in [1.29, 1.82) is 5.41 Å². The van der Waals surface area contributed by atoms with E-state index in [0.29, 0.717) is 24.9 Å². The Balaban J connectivity index is 1.47. The van der Waals surface area contributed by atoms with Crippen molar-refractivity contribution in [3.05, 3.63) is 70.1 Å². The summed E-state index contributed by atoms with van der Waals surface area (Å²) in [5.41, 5.74) is 1.53. The highest BCUT2D eigenvalue weighted by Gasteiger charge is 2.34. The van der Waals surface area contributed by atoms with Gasteiger partial charge < -0.3 is 20.6 Å². The quantitative estimate of drug-likeness (QED) is 0.108. The first-order valence-electron chi connectivity index (χ1n) is 11.5. The van der Waals surface area contributed by atoms with Gasteiger partial charge in [-0.25, -0.2) is 4.39 Å². The summed E-state index contributed by atoms with van der Waals surface area (Å²) in [4.78, 5) is 39.8. The predicted molar refractivity (Wildman–Crippen MR) is 136 cm³/mol. The van der Waals surface area contributed by atoms with E-state index in [-0.39, 0.29) is 46.8 Å². The van der Waals surface area contributed by atoms with Crippen molar-refractivity contribution >= 4 is 45.9 Å². The van der Waals surface area contributed by atoms with Crippen LogP contribution in [0.1, 0.15) is 41.3 Å². The molecule has 4 N–H and O–H groups in total. The van der Waals surface area contributed by atoms with Crippen LogP contribution in [0.15, 0.2) is 52.9 Å². The minimum absolute atomic E-state index is 0.0261. The minimum Gasteiger partial charge on any atom is -0.350 e. The molecule has 1 aromatic heterocycles. The second kappa shape index (κ2) is 10.9. The van der Waals surface area contributed by atoms with E-state index in [4.69, 9.17) is 22.9 Å². The standard InChI is InChI=1S/C25H25ClFN7O3/c1-14(35)18-12-33(20-6-3-2-5-17(18)20)13-22(36)34-8-4-7-21(34)25(37)30-11-16-9-15(24(28)31-32-29)10-19(26)23(16)27/h2-3,5-6,9-10,12,21H,4,7-8,11,13H2,1H3,(H,30,37)(H3,28,29,31)/t21-/m0/s1. The third kappa shape index (κ3) is 5.36. The van der Waals surface area contributed by atoms with Crippen LogP contribution in [0, 0.1) is 11.2 Å². The maximum absolute atomic E-state index is 14.6. The number of nitrogens with zero attached hydrogens (tertiary/aromatic N) is 4. The number of benzene rings is 2. The summed E-state index contributed by atoms with van der Waals surface area (Å²) in [6, 6.07) is 9.18. The number of amides is 2. The van der Waals surface area contributed by atoms with Gasteiger partial charge in [0, 0.05) is 46.9 Å². The molecule has 2 heterocycles. The van der Waals surface area contributed by atoms with Crippen molar-refractivity contribution in [2.45, 2.75) is 38.9 Å². The Bertz CT molecular complexity index is 1440. The lowest BCUT2D eigenvalue weighted by Crippen LogP contribution is -2.46. The Morgan fingerprint density at radius 3 is 2.76 bits per heavy atom. The van der Waals surface area contributed by atoms with Gasteiger partial charge in [-0.15, -0.1) is 5.11 Å². The molecule has 0 bridgehead atoms. The smallest absolute Gasteiger partial charge is 0.243 e. The third-order valence-electron chi connectivity index (χ3n) is 6.34. The molecule has 1 fully saturated rings. The summed E-state index contributed by atoms with van der Waals surface area (Å²) in [6.07, 6.45) is 2.77. The number of likely N-dealkylation sites (tertiary alicyclic amines) is 1. The molecule has 1 atom stereocenters. The molecule has 0 saturated carbocycles. The summed E-state index contributed by atoms with van der Waals surface area (Å²) >= 11 is 5.95. The molecule has 4 rings (SSSR count). The fourth-order valence-electron chi connectivity index (χ4n) is 4.56. The Hall–Kier alpha value is -4.12. The molecule has 37 heavy (non-hydrogen) atoms. The fraction of sp³-hybridized carbons (Fsp3) is 0.280. The third-order valence-corrected chi connectivity index (χ3v) is 6.61. The van der Waals surface area contributed by atoms with Crippen LogP contribution in [0.4, 0.5) is 4.39 Å². The van der Waals surface area contributed by atoms with Gasteiger partial charge in [0.25, 0.3) is 0 Å². The number of aromatic nitrogens is 1. The monoisotopic (exact) mass is 525 g/mol. The van der Waals surface area contributed by atoms with E-state index in [9.17, 15) is 18.8 Å². The highest BCUT2D eigenvalue weighted by Crippen LogP contribution is 2.25. The highest BCUT2D eigenvalue weighted by molar-refractivity contribution is 6.31. The van der Waals surface area contributed by atoms with Crippen LogP contribution in [0.25, 0.3) is 10.9 Å². The number of carbonyl (C=O) groups excluding carboxylic acids is 3. The van der Waals surface area contributed by atoms with Gasteiger partial charge >= 0.3 is 0 Å². The topological polar surface area (TPSA) is 146 Å². The van der Waals surface area contributed by atoms with Gasteiger partial charge in [0.15, 0.2) is 11.6 Å². The number of rotatable bonds is 7. The van der Waals surface area contributed by atoms with Gasteiger partial charge in [-0.05, 0) is 38.0 Å². The molecule has 2 aromatic carbocycles. The summed E-state index contributed by atoms with van der Waals surface area (Å²) in [5.74, 6) is 3.15. The SMILES string of the molecule is CC(=O)c1cn(CC(=O)N2CCC[C@H]2C(=O)NCc2cc(C(=N)N=NN)cc(Cl)c2F)c2ccccc12. The second-order valence-corrected chi connectivity index (χ2v) is 9.11. The van der Waals surface area contributed by atoms with Crippen molar-refractivity contribution in [2.24, 2.45) is 16.2 Å². The lowest BCUT2D eigenvalue weighted by Gasteiger charge is -2.24. The number of nitrogens with two attached hydrogens (primary N) is 1. The number of halogens is 2. The number of nitrogens with one attached hydrogen (secondary N) is 2. The molecule has 0 radical (unpaired) electrons. The van der Waals surface area contributed by atoms with Crippen LogP contribution in [0.2, 0.25) is 5.02 Å². The molecule has 12 heteroatoms. The Labute approximate surface area is 216 Å². The molecule has 0 spiro atoms. The van der Waals surface area contributed by atoms with Gasteiger partial charge in [0.2, 0.25) is 11.8 Å². The van der Waals surface area contributed by atoms with Crippen molar-refractivity contribution in [2.75, 3.05) is 6.54 Å². The number of fused-ring (bicyclic) bond motifs is 1. The molecule has 10 nitrogen and oxygen atoms in total. The Kier molecular flexibility index (Phi) is 7.63. The first-order valence-corrected chi connectivity index (χ1v) is 11.9. The van der Waals surface area contributed by atoms with Gasteiger partial charge in [0.05, 0.1) is 5.02 Å². The maximum atomic E-state index is 14.6. The molecule has 3 aromatic rings. The fourth-order valence-corrected chi connectivity index (χ4v) is 4.80. The maximum Gasteiger partial charge on any atom is 0.243 e. The van der Waals surface area contributed by atoms with Gasteiger partial charge in [-0.3, -0.25) is 19.8 Å². The van der Waals surface area contributed by atoms with Crippen molar-refractivity contribution in [3.8, 4) is 0 Å². The minimum atomic E-state index is -0.733. The van der Waals surface area contributed by atoms with E-state index in [0.717, 1.165) is 10.9 Å². The molecular formula is C25H25ClFN7O3. The van der Waals surface area contributed by atoms with Crippen molar-refractivity contribution < 1.29 is 18.8 Å². The van der Waals surface area contributed by atoms with Crippen LogP contribution in [0.3, 0.4) is 0 Å². The van der Waals surface area contributed by atoms with E-state index >= 15 is 0 Å². The van der Waals surface area contributed by atoms with Crippen LogP contribution < -0.4 is 11.2 Å². The van der Waals surface area contributed by atoms with Gasteiger partial charge in [-0.2, -0.15) is 0 Å². The molecule has 192 valence electrons. The average molecular weight is 526 g/mol. The number of hydrogen-bond acceptors (Lipinski definition) is 5. The molecule has 1 saturated heterocycles. The van der Waals surface area contributed by atoms with Crippen molar-refractivity contribution in [1.82, 2.24) is 14.8 Å². The van der Waals surface area contributed by atoms with E-state index in [1.807, 2.05) is 24.3 Å². The van der Waals surface area contributed by atoms with E-state index in [1.165, 1.54) is 24.0 Å². The highest BCUT2D eigenvalue weighted by atomic mass is 35.5. The average Bonchev–Trinajstić information content (AvgIpc) is 3.50. The summed E-state index contributed by atoms with van der Waals surface area (Å²) in [6.45, 7) is 1.66. The largest absolute Gasteiger partial charge is 0.350 e. The number of hydrogen-bond donors (Lipinski definition) is 3. The molecule has 0 unspecified atom stereocenters. The lowest BCUT2D eigenvalue weighted by molar-refractivity contribution is -0.138. The molecule has 2 amide bonds. The Morgan fingerprint density at radius 2 is 2.03 bits per heavy atom. The van der Waals surface area contributed by atoms with Crippen molar-refractivity contribution in [3.63, 3.8) is 0 Å². The van der Waals surface area contributed by atoms with Crippen LogP contribution in [0.5, 0.6) is 0 Å². The first kappa shape index (κ1) is 26.0. The lowest BCUT2D eigenvalue weighted by atomic mass is 10.1. The van der Waals surface area contributed by atoms with E-state index < -0.39 is 17.8 Å². The predicted octanol–water partition coefficient (Wildman–Crippen LogP) is 3.60. The zero-order chi connectivity index (χ0) is 26.7. The number of carbonyl (C=O) groups is 3. The summed E-state index contributed by atoms with van der Waals surface area (Å²) in [7, 11) is 0. The van der Waals surface area contributed by atoms with Gasteiger partial charge in [-0.1, -0.05) is 35.0 Å². The number of ketones is 1. The molecule has 1 aliphatic heterocycles. The summed E-state index contributed by atoms with van der Waals surface area (Å²) in [5, 5.41) is 17.5. The zero-order valence-corrected chi connectivity index (χ0v) is 20.8. The number of amidine groups is 1. The second-order valence-electron chi connectivity index (χ2n) is 8.70. The van der Waals surface area contributed by atoms with E-state index in [2.05, 4.69) is 15.7 Å². The zero-order valence-electron chi connectivity index (χ0n) is 20.0. The number of Topliss-reactive ketones (excluding diaryl/α,β-unsaturated/α-hetero) is 1. The van der Waals surface area contributed by atoms with Crippen LogP contribution in [-0.2, 0) is 22.7 Å². The van der Waals surface area contributed by atoms with Gasteiger partial charge in [0.1, 0.15) is 18.4 Å². The normalized spacial score (nSPS) is 15.4. The molecule has 1 aliphatic rings. The van der Waals surface area contributed by atoms with E-state index in [1.54, 1.807) is 10.8 Å².